The van der Waals surface area contributed by atoms with Crippen LogP contribution in [0.2, 0.25) is 0 Å². The van der Waals surface area contributed by atoms with Gasteiger partial charge in [-0.3, -0.25) is 4.90 Å². The molecule has 3 heteroatoms. The summed E-state index contributed by atoms with van der Waals surface area (Å²) in [5, 5.41) is 0. The van der Waals surface area contributed by atoms with Crippen molar-refractivity contribution < 1.29 is 0 Å². The number of likely N-dealkylation sites (N-methyl/N-ethyl adjacent to an activating group) is 1. The van der Waals surface area contributed by atoms with Gasteiger partial charge in [0.05, 0.1) is 0 Å². The van der Waals surface area contributed by atoms with Crippen LogP contribution >= 0.6 is 0 Å². The average Bonchev–Trinajstić information content (AvgIpc) is 2.06. The minimum atomic E-state index is 0.670. The molecular formula is C9H21N3. The molecule has 0 aromatic rings. The molecule has 1 aliphatic rings. The van der Waals surface area contributed by atoms with Gasteiger partial charge in [-0.05, 0) is 26.9 Å². The molecule has 12 heavy (non-hydrogen) atoms. The fourth-order valence-corrected chi connectivity index (χ4v) is 1.69. The molecule has 1 heterocycles. The number of rotatable bonds is 3. The third-order valence-electron chi connectivity index (χ3n) is 2.75. The van der Waals surface area contributed by atoms with Crippen molar-refractivity contribution in [1.82, 2.24) is 9.80 Å². The summed E-state index contributed by atoms with van der Waals surface area (Å²) in [6.07, 6.45) is 1.13. The maximum Gasteiger partial charge on any atom is 0.0113 e. The first-order valence-electron chi connectivity index (χ1n) is 4.86. The molecule has 0 spiro atoms. The second-order valence-electron chi connectivity index (χ2n) is 3.77. The van der Waals surface area contributed by atoms with Gasteiger partial charge in [0.25, 0.3) is 0 Å². The van der Waals surface area contributed by atoms with Gasteiger partial charge >= 0.3 is 0 Å². The Morgan fingerprint density at radius 3 is 2.33 bits per heavy atom. The van der Waals surface area contributed by atoms with E-state index in [1.54, 1.807) is 0 Å². The molecular weight excluding hydrogens is 150 g/mol. The van der Waals surface area contributed by atoms with E-state index in [2.05, 4.69) is 23.8 Å². The molecule has 3 nitrogen and oxygen atoms in total. The summed E-state index contributed by atoms with van der Waals surface area (Å²) in [5.41, 5.74) is 5.53. The molecule has 1 fully saturated rings. The number of nitrogens with two attached hydrogens (primary N) is 1. The SMILES string of the molecule is C[C@@H](CCN)N1CCN(C)CC1. The van der Waals surface area contributed by atoms with Crippen LogP contribution in [0.5, 0.6) is 0 Å². The minimum absolute atomic E-state index is 0.670. The summed E-state index contributed by atoms with van der Waals surface area (Å²) in [7, 11) is 2.19. The van der Waals surface area contributed by atoms with Crippen molar-refractivity contribution in [3.05, 3.63) is 0 Å². The molecule has 1 rings (SSSR count). The number of hydrogen-bond donors (Lipinski definition) is 1. The van der Waals surface area contributed by atoms with E-state index in [0.29, 0.717) is 6.04 Å². The smallest absolute Gasteiger partial charge is 0.0113 e. The highest BCUT2D eigenvalue weighted by atomic mass is 15.3. The quantitative estimate of drug-likeness (QED) is 0.647. The fourth-order valence-electron chi connectivity index (χ4n) is 1.69. The van der Waals surface area contributed by atoms with E-state index in [1.165, 1.54) is 26.2 Å². The summed E-state index contributed by atoms with van der Waals surface area (Å²) >= 11 is 0. The molecule has 0 unspecified atom stereocenters. The maximum atomic E-state index is 5.53. The van der Waals surface area contributed by atoms with Crippen molar-refractivity contribution in [3.63, 3.8) is 0 Å². The fraction of sp³-hybridized carbons (Fsp3) is 1.00. The zero-order chi connectivity index (χ0) is 8.97. The Morgan fingerprint density at radius 1 is 1.25 bits per heavy atom. The van der Waals surface area contributed by atoms with E-state index in [1.807, 2.05) is 0 Å². The summed E-state index contributed by atoms with van der Waals surface area (Å²) in [5.74, 6) is 0. The van der Waals surface area contributed by atoms with E-state index in [4.69, 9.17) is 5.73 Å². The summed E-state index contributed by atoms with van der Waals surface area (Å²) in [6, 6.07) is 0.670. The largest absolute Gasteiger partial charge is 0.330 e. The maximum absolute atomic E-state index is 5.53. The highest BCUT2D eigenvalue weighted by Crippen LogP contribution is 2.06. The lowest BCUT2D eigenvalue weighted by Crippen LogP contribution is -2.48. The van der Waals surface area contributed by atoms with Gasteiger partial charge in [-0.1, -0.05) is 0 Å². The Hall–Kier alpha value is -0.120. The molecule has 0 aromatic heterocycles. The number of hydrogen-bond acceptors (Lipinski definition) is 3. The zero-order valence-corrected chi connectivity index (χ0v) is 8.29. The Kier molecular flexibility index (Phi) is 3.98. The van der Waals surface area contributed by atoms with E-state index < -0.39 is 0 Å². The molecule has 0 amide bonds. The third-order valence-corrected chi connectivity index (χ3v) is 2.75. The molecule has 1 aliphatic heterocycles. The first kappa shape index (κ1) is 9.96. The second-order valence-corrected chi connectivity index (χ2v) is 3.77. The van der Waals surface area contributed by atoms with Crippen LogP contribution in [0.4, 0.5) is 0 Å². The van der Waals surface area contributed by atoms with E-state index in [-0.39, 0.29) is 0 Å². The molecule has 0 radical (unpaired) electrons. The predicted octanol–water partition coefficient (Wildman–Crippen LogP) is -0.0289. The van der Waals surface area contributed by atoms with Crippen LogP contribution in [-0.4, -0.2) is 55.6 Å². The van der Waals surface area contributed by atoms with Crippen molar-refractivity contribution in [2.24, 2.45) is 5.73 Å². The average molecular weight is 171 g/mol. The molecule has 0 saturated carbocycles. The molecule has 0 aromatic carbocycles. The molecule has 2 N–H and O–H groups in total. The van der Waals surface area contributed by atoms with Crippen LogP contribution in [0, 0.1) is 0 Å². The van der Waals surface area contributed by atoms with Gasteiger partial charge in [0.15, 0.2) is 0 Å². The van der Waals surface area contributed by atoms with Crippen molar-refractivity contribution in [3.8, 4) is 0 Å². The van der Waals surface area contributed by atoms with Crippen LogP contribution in [0.1, 0.15) is 13.3 Å². The summed E-state index contributed by atoms with van der Waals surface area (Å²) in [6.45, 7) is 7.91. The van der Waals surface area contributed by atoms with Crippen molar-refractivity contribution >= 4 is 0 Å². The first-order chi connectivity index (χ1) is 5.74. The van der Waals surface area contributed by atoms with Crippen LogP contribution in [-0.2, 0) is 0 Å². The van der Waals surface area contributed by atoms with Gasteiger partial charge in [-0.25, -0.2) is 0 Å². The van der Waals surface area contributed by atoms with E-state index >= 15 is 0 Å². The summed E-state index contributed by atoms with van der Waals surface area (Å²) < 4.78 is 0. The lowest BCUT2D eigenvalue weighted by atomic mass is 10.2. The number of nitrogens with zero attached hydrogens (tertiary/aromatic N) is 2. The van der Waals surface area contributed by atoms with Crippen LogP contribution in [0.3, 0.4) is 0 Å². The lowest BCUT2D eigenvalue weighted by molar-refractivity contribution is 0.116. The highest BCUT2D eigenvalue weighted by molar-refractivity contribution is 4.74. The first-order valence-corrected chi connectivity index (χ1v) is 4.86. The molecule has 1 saturated heterocycles. The van der Waals surface area contributed by atoms with Gasteiger partial charge in [-0.15, -0.1) is 0 Å². The van der Waals surface area contributed by atoms with Crippen LogP contribution in [0.25, 0.3) is 0 Å². The van der Waals surface area contributed by atoms with Gasteiger partial charge in [0.2, 0.25) is 0 Å². The van der Waals surface area contributed by atoms with Gasteiger partial charge < -0.3 is 10.6 Å². The van der Waals surface area contributed by atoms with Crippen molar-refractivity contribution in [1.29, 1.82) is 0 Å². The summed E-state index contributed by atoms with van der Waals surface area (Å²) in [4.78, 5) is 4.92. The Labute approximate surface area is 75.5 Å². The zero-order valence-electron chi connectivity index (χ0n) is 8.29. The van der Waals surface area contributed by atoms with E-state index in [0.717, 1.165) is 13.0 Å². The molecule has 1 atom stereocenters. The Morgan fingerprint density at radius 2 is 1.83 bits per heavy atom. The highest BCUT2D eigenvalue weighted by Gasteiger charge is 2.17. The van der Waals surface area contributed by atoms with Crippen LogP contribution < -0.4 is 5.73 Å². The topological polar surface area (TPSA) is 32.5 Å². The minimum Gasteiger partial charge on any atom is -0.330 e. The van der Waals surface area contributed by atoms with Crippen molar-refractivity contribution in [2.75, 3.05) is 39.8 Å². The van der Waals surface area contributed by atoms with Crippen molar-refractivity contribution in [2.45, 2.75) is 19.4 Å². The van der Waals surface area contributed by atoms with E-state index in [9.17, 15) is 0 Å². The molecule has 0 aliphatic carbocycles. The lowest BCUT2D eigenvalue weighted by Gasteiger charge is -2.36. The van der Waals surface area contributed by atoms with Gasteiger partial charge in [0, 0.05) is 32.2 Å². The normalized spacial score (nSPS) is 24.2. The van der Waals surface area contributed by atoms with Gasteiger partial charge in [0.1, 0.15) is 0 Å². The second kappa shape index (κ2) is 4.80. The third kappa shape index (κ3) is 2.73. The van der Waals surface area contributed by atoms with Gasteiger partial charge in [-0.2, -0.15) is 0 Å². The monoisotopic (exact) mass is 171 g/mol. The number of piperazine rings is 1. The Balaban J connectivity index is 2.24. The van der Waals surface area contributed by atoms with Crippen LogP contribution in [0.15, 0.2) is 0 Å². The standard InChI is InChI=1S/C9H21N3/c1-9(3-4-10)12-7-5-11(2)6-8-12/h9H,3-8,10H2,1-2H3/t9-/m0/s1. The predicted molar refractivity (Wildman–Crippen MR) is 52.2 cm³/mol. The molecule has 72 valence electrons. The Bertz CT molecular complexity index is 119. The molecule has 0 bridgehead atoms.